The zero-order chi connectivity index (χ0) is 21.9. The number of nitriles is 1. The summed E-state index contributed by atoms with van der Waals surface area (Å²) < 4.78 is 10.7. The van der Waals surface area contributed by atoms with Crippen molar-refractivity contribution in [3.63, 3.8) is 0 Å². The van der Waals surface area contributed by atoms with E-state index in [1.54, 1.807) is 25.1 Å². The van der Waals surface area contributed by atoms with Crippen molar-refractivity contribution < 1.29 is 23.9 Å². The van der Waals surface area contributed by atoms with E-state index in [-0.39, 0.29) is 6.61 Å². The minimum Gasteiger partial charge on any atom is -0.490 e. The van der Waals surface area contributed by atoms with E-state index in [4.69, 9.17) is 20.5 Å². The quantitative estimate of drug-likeness (QED) is 0.334. The Morgan fingerprint density at radius 3 is 2.47 bits per heavy atom. The lowest BCUT2D eigenvalue weighted by Gasteiger charge is -2.11. The molecule has 0 saturated heterocycles. The molecular formula is C20H19N5O5. The molecule has 0 saturated carbocycles. The van der Waals surface area contributed by atoms with Gasteiger partial charge in [-0.3, -0.25) is 14.4 Å². The summed E-state index contributed by atoms with van der Waals surface area (Å²) in [6.07, 6.45) is 1.31. The molecule has 3 amide bonds. The van der Waals surface area contributed by atoms with E-state index in [0.29, 0.717) is 34.9 Å². The van der Waals surface area contributed by atoms with Crippen LogP contribution in [0.25, 0.3) is 0 Å². The van der Waals surface area contributed by atoms with Crippen LogP contribution < -0.4 is 25.9 Å². The fourth-order valence-corrected chi connectivity index (χ4v) is 2.17. The van der Waals surface area contributed by atoms with Gasteiger partial charge >= 0.3 is 11.8 Å². The van der Waals surface area contributed by atoms with Crippen molar-refractivity contribution in [1.29, 1.82) is 5.26 Å². The van der Waals surface area contributed by atoms with Crippen LogP contribution in [0.5, 0.6) is 11.5 Å². The van der Waals surface area contributed by atoms with Gasteiger partial charge in [0.05, 0.1) is 24.5 Å². The topological polar surface area (TPSA) is 156 Å². The second-order valence-electron chi connectivity index (χ2n) is 5.74. The van der Waals surface area contributed by atoms with Crippen molar-refractivity contribution in [2.45, 2.75) is 6.92 Å². The molecule has 0 aliphatic heterocycles. The minimum absolute atomic E-state index is 0.294. The maximum Gasteiger partial charge on any atom is 0.329 e. The van der Waals surface area contributed by atoms with Gasteiger partial charge in [-0.05, 0) is 55.0 Å². The molecule has 0 fully saturated rings. The van der Waals surface area contributed by atoms with E-state index >= 15 is 0 Å². The SMILES string of the molecule is CCOc1cc(C=NNC(=O)C(=O)Nc2ccc(C#N)cc2)ccc1OCC(N)=O. The Balaban J connectivity index is 1.96. The van der Waals surface area contributed by atoms with Gasteiger partial charge in [-0.15, -0.1) is 0 Å². The highest BCUT2D eigenvalue weighted by molar-refractivity contribution is 6.39. The molecule has 30 heavy (non-hydrogen) atoms. The maximum absolute atomic E-state index is 11.9. The Labute approximate surface area is 172 Å². The minimum atomic E-state index is -0.970. The third-order valence-corrected chi connectivity index (χ3v) is 3.50. The zero-order valence-corrected chi connectivity index (χ0v) is 16.0. The Morgan fingerprint density at radius 2 is 1.83 bits per heavy atom. The molecule has 2 aromatic rings. The number of benzene rings is 2. The summed E-state index contributed by atoms with van der Waals surface area (Å²) in [4.78, 5) is 34.6. The normalized spacial score (nSPS) is 10.1. The Morgan fingerprint density at radius 1 is 1.10 bits per heavy atom. The van der Waals surface area contributed by atoms with Crippen molar-refractivity contribution in [2.24, 2.45) is 10.8 Å². The first kappa shape index (κ1) is 21.9. The van der Waals surface area contributed by atoms with Crippen LogP contribution in [-0.4, -0.2) is 37.1 Å². The zero-order valence-electron chi connectivity index (χ0n) is 16.0. The molecule has 2 aromatic carbocycles. The third kappa shape index (κ3) is 6.65. The molecule has 0 aliphatic carbocycles. The second-order valence-corrected chi connectivity index (χ2v) is 5.74. The van der Waals surface area contributed by atoms with Gasteiger partial charge in [0.15, 0.2) is 18.1 Å². The number of amides is 3. The Kier molecular flexibility index (Phi) is 7.90. The number of hydrazone groups is 1. The summed E-state index contributed by atoms with van der Waals surface area (Å²) in [5.41, 5.74) is 8.53. The van der Waals surface area contributed by atoms with Crippen molar-refractivity contribution in [1.82, 2.24) is 5.43 Å². The van der Waals surface area contributed by atoms with Crippen LogP contribution in [0, 0.1) is 11.3 Å². The highest BCUT2D eigenvalue weighted by atomic mass is 16.5. The van der Waals surface area contributed by atoms with Gasteiger partial charge in [0, 0.05) is 5.69 Å². The lowest BCUT2D eigenvalue weighted by Crippen LogP contribution is -2.32. The molecule has 0 bridgehead atoms. The first-order valence-electron chi connectivity index (χ1n) is 8.75. The van der Waals surface area contributed by atoms with Gasteiger partial charge in [-0.25, -0.2) is 5.43 Å². The molecule has 154 valence electrons. The molecule has 4 N–H and O–H groups in total. The Hall–Kier alpha value is -4.39. The number of nitrogens with zero attached hydrogens (tertiary/aromatic N) is 2. The fourth-order valence-electron chi connectivity index (χ4n) is 2.17. The molecule has 0 spiro atoms. The molecule has 0 unspecified atom stereocenters. The number of carbonyl (C=O) groups excluding carboxylic acids is 3. The molecule has 0 radical (unpaired) electrons. The highest BCUT2D eigenvalue weighted by Crippen LogP contribution is 2.28. The predicted octanol–water partition coefficient (Wildman–Crippen LogP) is 0.910. The van der Waals surface area contributed by atoms with Crippen molar-refractivity contribution in [3.05, 3.63) is 53.6 Å². The number of rotatable bonds is 8. The van der Waals surface area contributed by atoms with Crippen molar-refractivity contribution in [3.8, 4) is 17.6 Å². The molecule has 2 rings (SSSR count). The van der Waals surface area contributed by atoms with Crippen LogP contribution in [0.3, 0.4) is 0 Å². The molecule has 10 nitrogen and oxygen atoms in total. The maximum atomic E-state index is 11.9. The van der Waals surface area contributed by atoms with Gasteiger partial charge in [0.25, 0.3) is 5.91 Å². The molecule has 0 aromatic heterocycles. The van der Waals surface area contributed by atoms with Crippen LogP contribution in [0.2, 0.25) is 0 Å². The number of ether oxygens (including phenoxy) is 2. The standard InChI is InChI=1S/C20H19N5O5/c1-2-29-17-9-14(5-8-16(17)30-12-18(22)26)11-23-25-20(28)19(27)24-15-6-3-13(10-21)4-7-15/h3-9,11H,2,12H2,1H3,(H2,22,26)(H,24,27)(H,25,28). The largest absolute Gasteiger partial charge is 0.490 e. The van der Waals surface area contributed by atoms with Gasteiger partial charge < -0.3 is 20.5 Å². The van der Waals surface area contributed by atoms with E-state index in [0.717, 1.165) is 0 Å². The number of carbonyl (C=O) groups is 3. The first-order valence-corrected chi connectivity index (χ1v) is 8.75. The summed E-state index contributed by atoms with van der Waals surface area (Å²) in [7, 11) is 0. The van der Waals surface area contributed by atoms with E-state index in [2.05, 4.69) is 15.8 Å². The van der Waals surface area contributed by atoms with E-state index in [1.165, 1.54) is 30.5 Å². The number of primary amides is 1. The van der Waals surface area contributed by atoms with Crippen molar-refractivity contribution >= 4 is 29.6 Å². The van der Waals surface area contributed by atoms with E-state index in [9.17, 15) is 14.4 Å². The average molecular weight is 409 g/mol. The fraction of sp³-hybridized carbons (Fsp3) is 0.150. The molecule has 0 atom stereocenters. The lowest BCUT2D eigenvalue weighted by molar-refractivity contribution is -0.136. The molecule has 0 heterocycles. The second kappa shape index (κ2) is 10.8. The number of anilines is 1. The van der Waals surface area contributed by atoms with Gasteiger partial charge in [0.2, 0.25) is 0 Å². The summed E-state index contributed by atoms with van der Waals surface area (Å²) >= 11 is 0. The van der Waals surface area contributed by atoms with Gasteiger partial charge in [-0.1, -0.05) is 0 Å². The summed E-state index contributed by atoms with van der Waals surface area (Å²) in [6, 6.07) is 12.8. The van der Waals surface area contributed by atoms with Crippen LogP contribution in [0.4, 0.5) is 5.69 Å². The molecular weight excluding hydrogens is 390 g/mol. The third-order valence-electron chi connectivity index (χ3n) is 3.50. The van der Waals surface area contributed by atoms with Crippen LogP contribution in [0.1, 0.15) is 18.1 Å². The van der Waals surface area contributed by atoms with Crippen LogP contribution >= 0.6 is 0 Å². The van der Waals surface area contributed by atoms with Gasteiger partial charge in [-0.2, -0.15) is 10.4 Å². The Bertz CT molecular complexity index is 996. The van der Waals surface area contributed by atoms with Gasteiger partial charge in [0.1, 0.15) is 0 Å². The number of hydrogen-bond acceptors (Lipinski definition) is 7. The summed E-state index contributed by atoms with van der Waals surface area (Å²) in [6.45, 7) is 1.85. The smallest absolute Gasteiger partial charge is 0.329 e. The molecule has 0 aliphatic rings. The number of nitrogens with two attached hydrogens (primary N) is 1. The van der Waals surface area contributed by atoms with Crippen molar-refractivity contribution in [2.75, 3.05) is 18.5 Å². The average Bonchev–Trinajstić information content (AvgIpc) is 2.73. The van der Waals surface area contributed by atoms with Crippen LogP contribution in [0.15, 0.2) is 47.6 Å². The van der Waals surface area contributed by atoms with Crippen LogP contribution in [-0.2, 0) is 14.4 Å². The first-order chi connectivity index (χ1) is 14.4. The monoisotopic (exact) mass is 409 g/mol. The van der Waals surface area contributed by atoms with E-state index in [1.807, 2.05) is 6.07 Å². The summed E-state index contributed by atoms with van der Waals surface area (Å²) in [5, 5.41) is 14.9. The predicted molar refractivity (Wildman–Crippen MR) is 108 cm³/mol. The highest BCUT2D eigenvalue weighted by Gasteiger charge is 2.13. The summed E-state index contributed by atoms with van der Waals surface area (Å²) in [5.74, 6) is -1.81. The van der Waals surface area contributed by atoms with E-state index < -0.39 is 17.7 Å². The number of nitrogens with one attached hydrogen (secondary N) is 2. The number of hydrogen-bond donors (Lipinski definition) is 3. The molecule has 10 heteroatoms. The lowest BCUT2D eigenvalue weighted by atomic mass is 10.2.